The molecule has 4 aromatic rings. The van der Waals surface area contributed by atoms with Crippen LogP contribution in [0, 0.1) is 0 Å². The molecule has 2 saturated carbocycles. The smallest absolute Gasteiger partial charge is 0.360 e. The summed E-state index contributed by atoms with van der Waals surface area (Å²) in [7, 11) is -2.87. The number of rotatable bonds is 10. The molecule has 2 aliphatic rings. The second-order valence-corrected chi connectivity index (χ2v) is 11.1. The summed E-state index contributed by atoms with van der Waals surface area (Å²) < 4.78 is 117. The Kier molecular flexibility index (Phi) is 7.44. The molecular weight excluding hydrogens is 589 g/mol. The molecule has 0 spiro atoms. The van der Waals surface area contributed by atoms with E-state index in [0.29, 0.717) is 11.5 Å². The van der Waals surface area contributed by atoms with E-state index in [4.69, 9.17) is 18.1 Å². The first-order valence-electron chi connectivity index (χ1n) is 13.1. The maximum atomic E-state index is 13.7. The monoisotopic (exact) mass is 611 g/mol. The minimum Gasteiger partial charge on any atom is -0.360 e. The summed E-state index contributed by atoms with van der Waals surface area (Å²) in [5, 5.41) is 7.79. The Labute approximate surface area is 235 Å². The molecule has 2 heterocycles. The third-order valence-corrected chi connectivity index (χ3v) is 7.82. The van der Waals surface area contributed by atoms with Crippen LogP contribution in [0.2, 0.25) is 0 Å². The second kappa shape index (κ2) is 10.9. The van der Waals surface area contributed by atoms with Crippen LogP contribution >= 0.6 is 8.25 Å². The maximum absolute atomic E-state index is 13.7. The zero-order valence-electron chi connectivity index (χ0n) is 21.7. The van der Waals surface area contributed by atoms with E-state index in [1.807, 2.05) is 0 Å². The molecule has 6 rings (SSSR count). The fraction of sp³-hybridized carbons (Fsp3) is 0.357. The number of alkyl halides is 6. The average Bonchev–Trinajstić information content (AvgIpc) is 3.89. The van der Waals surface area contributed by atoms with Crippen LogP contribution in [0.5, 0.6) is 0 Å². The summed E-state index contributed by atoms with van der Waals surface area (Å²) in [6.45, 7) is -0.843. The number of nitrogens with zero attached hydrogens (tertiary/aromatic N) is 2. The Balaban J connectivity index is 1.23. The van der Waals surface area contributed by atoms with Gasteiger partial charge in [-0.15, -0.1) is 9.05 Å². The van der Waals surface area contributed by atoms with Gasteiger partial charge in [0.2, 0.25) is 0 Å². The van der Waals surface area contributed by atoms with Crippen LogP contribution in [0.15, 0.2) is 57.6 Å². The van der Waals surface area contributed by atoms with E-state index in [1.54, 1.807) is 0 Å². The lowest BCUT2D eigenvalue weighted by Gasteiger charge is -2.11. The van der Waals surface area contributed by atoms with E-state index in [9.17, 15) is 30.9 Å². The maximum Gasteiger partial charge on any atom is 0.698 e. The topological polar surface area (TPSA) is 87.6 Å². The second-order valence-electron chi connectivity index (χ2n) is 10.2. The first-order chi connectivity index (χ1) is 20.0. The number of hydrogen-bond donors (Lipinski definition) is 0. The molecule has 2 aromatic carbocycles. The minimum absolute atomic E-state index is 0.0453. The predicted molar refractivity (Wildman–Crippen MR) is 135 cm³/mol. The van der Waals surface area contributed by atoms with Crippen molar-refractivity contribution < 1.29 is 49.0 Å². The molecule has 0 amide bonds. The van der Waals surface area contributed by atoms with Crippen molar-refractivity contribution >= 4 is 8.25 Å². The Hall–Kier alpha value is -3.54. The molecule has 2 aliphatic carbocycles. The van der Waals surface area contributed by atoms with Crippen LogP contribution in [-0.2, 0) is 39.2 Å². The van der Waals surface area contributed by atoms with Crippen molar-refractivity contribution in [1.82, 2.24) is 10.3 Å². The molecule has 0 unspecified atom stereocenters. The van der Waals surface area contributed by atoms with E-state index in [1.165, 1.54) is 36.4 Å². The highest BCUT2D eigenvalue weighted by Gasteiger charge is 2.40. The molecular formula is C28H22F6N2O5P+. The van der Waals surface area contributed by atoms with Crippen LogP contribution in [-0.4, -0.2) is 10.3 Å². The third kappa shape index (κ3) is 5.86. The molecule has 0 N–H and O–H groups in total. The first-order valence-corrected chi connectivity index (χ1v) is 14.1. The molecule has 0 aliphatic heterocycles. The van der Waals surface area contributed by atoms with Crippen LogP contribution in [0.3, 0.4) is 0 Å². The van der Waals surface area contributed by atoms with Gasteiger partial charge in [0.25, 0.3) is 0 Å². The van der Waals surface area contributed by atoms with Crippen molar-refractivity contribution in [2.24, 2.45) is 0 Å². The summed E-state index contributed by atoms with van der Waals surface area (Å²) >= 11 is 0. The van der Waals surface area contributed by atoms with Gasteiger partial charge in [-0.05, 0) is 37.8 Å². The molecule has 0 atom stereocenters. The van der Waals surface area contributed by atoms with Gasteiger partial charge in [0.1, 0.15) is 36.1 Å². The van der Waals surface area contributed by atoms with Gasteiger partial charge >= 0.3 is 20.6 Å². The van der Waals surface area contributed by atoms with Crippen LogP contribution in [0.1, 0.15) is 71.3 Å². The van der Waals surface area contributed by atoms with Gasteiger partial charge in [-0.3, -0.25) is 0 Å². The van der Waals surface area contributed by atoms with E-state index >= 15 is 0 Å². The summed E-state index contributed by atoms with van der Waals surface area (Å²) in [4.78, 5) is 0. The van der Waals surface area contributed by atoms with Crippen molar-refractivity contribution in [2.75, 3.05) is 0 Å². The van der Waals surface area contributed by atoms with Crippen molar-refractivity contribution in [3.63, 3.8) is 0 Å². The standard InChI is InChI=1S/C28H22F6N2O5P/c29-27(30,31)21-7-3-1-5-17(21)23-19(25(40-35-23)15-9-10-15)13-38-42(37)39-14-20-24(36-41-26(20)16-11-12-16)18-6-2-4-8-22(18)28(32,33)34/h1-8,15-16H,9-14H2/q+1. The van der Waals surface area contributed by atoms with Crippen LogP contribution < -0.4 is 0 Å². The van der Waals surface area contributed by atoms with Crippen LogP contribution in [0.4, 0.5) is 26.3 Å². The molecule has 0 bridgehead atoms. The lowest BCUT2D eigenvalue weighted by atomic mass is 9.99. The zero-order valence-corrected chi connectivity index (χ0v) is 22.6. The summed E-state index contributed by atoms with van der Waals surface area (Å²) in [5.74, 6) is 0.616. The summed E-state index contributed by atoms with van der Waals surface area (Å²) in [6.07, 6.45) is -6.28. The molecule has 0 saturated heterocycles. The Morgan fingerprint density at radius 1 is 0.690 bits per heavy atom. The lowest BCUT2D eigenvalue weighted by Crippen LogP contribution is -2.08. The van der Waals surface area contributed by atoms with Gasteiger partial charge in [0.15, 0.2) is 0 Å². The number of aromatic nitrogens is 2. The third-order valence-electron chi connectivity index (χ3n) is 7.14. The predicted octanol–water partition coefficient (Wildman–Crippen LogP) is 9.18. The highest BCUT2D eigenvalue weighted by molar-refractivity contribution is 7.33. The zero-order chi connectivity index (χ0) is 29.6. The van der Waals surface area contributed by atoms with Gasteiger partial charge < -0.3 is 9.05 Å². The fourth-order valence-corrected chi connectivity index (χ4v) is 5.37. The first kappa shape index (κ1) is 28.6. The SMILES string of the molecule is O=[P+](OCc1c(-c2ccccc2C(F)(F)F)noc1C1CC1)OCc1c(-c2ccccc2C(F)(F)F)noc1C1CC1. The molecule has 7 nitrogen and oxygen atoms in total. The van der Waals surface area contributed by atoms with E-state index in [-0.39, 0.29) is 45.5 Å². The summed E-state index contributed by atoms with van der Waals surface area (Å²) in [6, 6.07) is 9.80. The number of benzene rings is 2. The molecule has 2 aromatic heterocycles. The van der Waals surface area contributed by atoms with E-state index in [0.717, 1.165) is 37.8 Å². The quantitative estimate of drug-likeness (QED) is 0.131. The average molecular weight is 611 g/mol. The lowest BCUT2D eigenvalue weighted by molar-refractivity contribution is -0.137. The van der Waals surface area contributed by atoms with Crippen molar-refractivity contribution in [2.45, 2.75) is 63.1 Å². The molecule has 14 heteroatoms. The van der Waals surface area contributed by atoms with E-state index < -0.39 is 44.9 Å². The Morgan fingerprint density at radius 3 is 1.43 bits per heavy atom. The molecule has 42 heavy (non-hydrogen) atoms. The van der Waals surface area contributed by atoms with Crippen molar-refractivity contribution in [3.8, 4) is 22.5 Å². The summed E-state index contributed by atoms with van der Waals surface area (Å²) in [5.41, 5.74) is -1.93. The van der Waals surface area contributed by atoms with E-state index in [2.05, 4.69) is 10.3 Å². The van der Waals surface area contributed by atoms with Gasteiger partial charge in [0, 0.05) is 27.5 Å². The molecule has 0 radical (unpaired) electrons. The fourth-order valence-electron chi connectivity index (χ4n) is 4.82. The number of hydrogen-bond acceptors (Lipinski definition) is 7. The van der Waals surface area contributed by atoms with Crippen molar-refractivity contribution in [3.05, 3.63) is 82.3 Å². The highest BCUT2D eigenvalue weighted by Crippen LogP contribution is 2.48. The molecule has 2 fully saturated rings. The number of halogens is 6. The normalized spacial score (nSPS) is 15.8. The largest absolute Gasteiger partial charge is 0.698 e. The highest BCUT2D eigenvalue weighted by atomic mass is 31.1. The Bertz CT molecular complexity index is 1500. The van der Waals surface area contributed by atoms with Gasteiger partial charge in [0.05, 0.1) is 22.3 Å². The van der Waals surface area contributed by atoms with Gasteiger partial charge in [-0.2, -0.15) is 26.3 Å². The Morgan fingerprint density at radius 2 is 1.07 bits per heavy atom. The van der Waals surface area contributed by atoms with Gasteiger partial charge in [-0.25, -0.2) is 0 Å². The minimum atomic E-state index is -4.65. The van der Waals surface area contributed by atoms with Crippen LogP contribution in [0.25, 0.3) is 22.5 Å². The van der Waals surface area contributed by atoms with Crippen molar-refractivity contribution in [1.29, 1.82) is 0 Å². The van der Waals surface area contributed by atoms with Gasteiger partial charge in [-0.1, -0.05) is 46.7 Å². The molecule has 220 valence electrons.